The minimum Gasteiger partial charge on any atom is -0.399 e. The predicted molar refractivity (Wildman–Crippen MR) is 91.0 cm³/mol. The molecule has 21 heavy (non-hydrogen) atoms. The van der Waals surface area contributed by atoms with Crippen molar-refractivity contribution >= 4 is 40.6 Å². The van der Waals surface area contributed by atoms with Gasteiger partial charge in [0.1, 0.15) is 0 Å². The molecule has 3 N–H and O–H groups in total. The zero-order valence-electron chi connectivity index (χ0n) is 11.7. The van der Waals surface area contributed by atoms with Crippen LogP contribution in [0.5, 0.6) is 0 Å². The zero-order valence-corrected chi connectivity index (χ0v) is 13.3. The molecule has 5 heteroatoms. The first-order valence-corrected chi connectivity index (χ1v) is 7.95. The fourth-order valence-electron chi connectivity index (χ4n) is 1.82. The summed E-state index contributed by atoms with van der Waals surface area (Å²) in [5, 5.41) is 3.44. The number of hydrogen-bond acceptors (Lipinski definition) is 3. The van der Waals surface area contributed by atoms with E-state index in [0.29, 0.717) is 17.2 Å². The molecular weight excluding hydrogens is 304 g/mol. The molecule has 0 spiro atoms. The van der Waals surface area contributed by atoms with Gasteiger partial charge in [-0.05, 0) is 42.8 Å². The summed E-state index contributed by atoms with van der Waals surface area (Å²) < 4.78 is 0. The van der Waals surface area contributed by atoms with Gasteiger partial charge < -0.3 is 11.1 Å². The number of thioether (sulfide) groups is 1. The maximum Gasteiger partial charge on any atom is 0.225 e. The van der Waals surface area contributed by atoms with Crippen molar-refractivity contribution in [3.8, 4) is 0 Å². The minimum absolute atomic E-state index is 0.0219. The van der Waals surface area contributed by atoms with E-state index in [9.17, 15) is 4.79 Å². The summed E-state index contributed by atoms with van der Waals surface area (Å²) >= 11 is 7.51. The summed E-state index contributed by atoms with van der Waals surface area (Å²) in [5.74, 6) is 0.683. The van der Waals surface area contributed by atoms with E-state index >= 15 is 0 Å². The number of nitrogens with two attached hydrogens (primary N) is 1. The largest absolute Gasteiger partial charge is 0.399 e. The number of rotatable bonds is 5. The Morgan fingerprint density at radius 1 is 1.29 bits per heavy atom. The molecule has 0 bridgehead atoms. The van der Waals surface area contributed by atoms with Gasteiger partial charge in [-0.3, -0.25) is 4.79 Å². The van der Waals surface area contributed by atoms with E-state index in [2.05, 4.69) is 5.32 Å². The van der Waals surface area contributed by atoms with Crippen molar-refractivity contribution in [1.29, 1.82) is 0 Å². The Hall–Kier alpha value is -1.65. The first-order chi connectivity index (χ1) is 10.0. The van der Waals surface area contributed by atoms with Crippen LogP contribution in [0.2, 0.25) is 5.02 Å². The quantitative estimate of drug-likeness (QED) is 0.636. The molecule has 0 aliphatic carbocycles. The van der Waals surface area contributed by atoms with Gasteiger partial charge in [0.25, 0.3) is 0 Å². The SMILES string of the molecule is Cc1ccc(N)cc1SCCC(=O)Nc1cccc(Cl)c1. The van der Waals surface area contributed by atoms with Crippen LogP contribution in [0, 0.1) is 6.92 Å². The molecule has 0 aliphatic rings. The number of anilines is 2. The smallest absolute Gasteiger partial charge is 0.225 e. The Bertz CT molecular complexity index is 646. The monoisotopic (exact) mass is 320 g/mol. The summed E-state index contributed by atoms with van der Waals surface area (Å²) in [6.07, 6.45) is 0.436. The molecule has 1 amide bonds. The molecule has 0 fully saturated rings. The second-order valence-electron chi connectivity index (χ2n) is 4.68. The molecule has 0 unspecified atom stereocenters. The third-order valence-corrected chi connectivity index (χ3v) is 4.30. The molecule has 110 valence electrons. The average Bonchev–Trinajstić information content (AvgIpc) is 2.42. The topological polar surface area (TPSA) is 55.1 Å². The number of nitrogen functional groups attached to an aromatic ring is 1. The first kappa shape index (κ1) is 15.7. The summed E-state index contributed by atoms with van der Waals surface area (Å²) in [5.41, 5.74) is 8.40. The Labute approximate surface area is 133 Å². The molecule has 0 atom stereocenters. The Kier molecular flexibility index (Phi) is 5.53. The molecule has 2 aromatic carbocycles. The lowest BCUT2D eigenvalue weighted by Crippen LogP contribution is -2.12. The average molecular weight is 321 g/mol. The summed E-state index contributed by atoms with van der Waals surface area (Å²) in [6.45, 7) is 2.04. The van der Waals surface area contributed by atoms with Crippen molar-refractivity contribution < 1.29 is 4.79 Å². The Balaban J connectivity index is 1.83. The van der Waals surface area contributed by atoms with Crippen LogP contribution in [0.1, 0.15) is 12.0 Å². The van der Waals surface area contributed by atoms with E-state index in [-0.39, 0.29) is 5.91 Å². The number of carbonyl (C=O) groups is 1. The van der Waals surface area contributed by atoms with Gasteiger partial charge in [0.2, 0.25) is 5.91 Å². The number of hydrogen-bond donors (Lipinski definition) is 2. The molecule has 3 nitrogen and oxygen atoms in total. The standard InChI is InChI=1S/C16H17ClN2OS/c1-11-5-6-13(18)10-15(11)21-8-7-16(20)19-14-4-2-3-12(17)9-14/h2-6,9-10H,7-8,18H2,1H3,(H,19,20). The first-order valence-electron chi connectivity index (χ1n) is 6.59. The molecule has 2 aromatic rings. The van der Waals surface area contributed by atoms with Crippen molar-refractivity contribution in [2.24, 2.45) is 0 Å². The van der Waals surface area contributed by atoms with Crippen molar-refractivity contribution in [3.63, 3.8) is 0 Å². The van der Waals surface area contributed by atoms with Crippen LogP contribution in [-0.2, 0) is 4.79 Å². The Morgan fingerprint density at radius 3 is 2.86 bits per heavy atom. The van der Waals surface area contributed by atoms with Gasteiger partial charge in [0, 0.05) is 33.5 Å². The number of halogens is 1. The minimum atomic E-state index is -0.0219. The lowest BCUT2D eigenvalue weighted by atomic mass is 10.2. The predicted octanol–water partition coefficient (Wildman–Crippen LogP) is 4.35. The fourth-order valence-corrected chi connectivity index (χ4v) is 3.03. The van der Waals surface area contributed by atoms with Gasteiger partial charge in [0.15, 0.2) is 0 Å². The van der Waals surface area contributed by atoms with Crippen LogP contribution in [0.3, 0.4) is 0 Å². The fraction of sp³-hybridized carbons (Fsp3) is 0.188. The molecule has 2 rings (SSSR count). The van der Waals surface area contributed by atoms with Gasteiger partial charge in [0.05, 0.1) is 0 Å². The van der Waals surface area contributed by atoms with Gasteiger partial charge in [-0.25, -0.2) is 0 Å². The molecule has 0 saturated carbocycles. The van der Waals surface area contributed by atoms with Crippen molar-refractivity contribution in [2.75, 3.05) is 16.8 Å². The highest BCUT2D eigenvalue weighted by molar-refractivity contribution is 7.99. The number of nitrogens with one attached hydrogen (secondary N) is 1. The van der Waals surface area contributed by atoms with Crippen LogP contribution < -0.4 is 11.1 Å². The van der Waals surface area contributed by atoms with Crippen molar-refractivity contribution in [1.82, 2.24) is 0 Å². The summed E-state index contributed by atoms with van der Waals surface area (Å²) in [4.78, 5) is 13.0. The van der Waals surface area contributed by atoms with E-state index < -0.39 is 0 Å². The van der Waals surface area contributed by atoms with Gasteiger partial charge >= 0.3 is 0 Å². The summed E-state index contributed by atoms with van der Waals surface area (Å²) in [7, 11) is 0. The lowest BCUT2D eigenvalue weighted by molar-refractivity contribution is -0.115. The van der Waals surface area contributed by atoms with E-state index in [4.69, 9.17) is 17.3 Å². The van der Waals surface area contributed by atoms with Crippen LogP contribution in [0.4, 0.5) is 11.4 Å². The molecule has 0 aromatic heterocycles. The molecule has 0 heterocycles. The van der Waals surface area contributed by atoms with Gasteiger partial charge in [-0.15, -0.1) is 11.8 Å². The van der Waals surface area contributed by atoms with Crippen LogP contribution >= 0.6 is 23.4 Å². The van der Waals surface area contributed by atoms with Gasteiger partial charge in [-0.1, -0.05) is 23.7 Å². The third kappa shape index (κ3) is 4.99. The number of carbonyl (C=O) groups excluding carboxylic acids is 1. The van der Waals surface area contributed by atoms with Crippen molar-refractivity contribution in [2.45, 2.75) is 18.2 Å². The van der Waals surface area contributed by atoms with Crippen molar-refractivity contribution in [3.05, 3.63) is 53.1 Å². The highest BCUT2D eigenvalue weighted by Gasteiger charge is 2.05. The van der Waals surface area contributed by atoms with Crippen LogP contribution in [-0.4, -0.2) is 11.7 Å². The normalized spacial score (nSPS) is 10.4. The molecule has 0 aliphatic heterocycles. The molecule has 0 radical (unpaired) electrons. The Morgan fingerprint density at radius 2 is 2.10 bits per heavy atom. The number of benzene rings is 2. The highest BCUT2D eigenvalue weighted by Crippen LogP contribution is 2.25. The number of aryl methyl sites for hydroxylation is 1. The maximum absolute atomic E-state index is 11.9. The lowest BCUT2D eigenvalue weighted by Gasteiger charge is -2.07. The second-order valence-corrected chi connectivity index (χ2v) is 6.26. The molecule has 0 saturated heterocycles. The van der Waals surface area contributed by atoms with Crippen LogP contribution in [0.15, 0.2) is 47.4 Å². The van der Waals surface area contributed by atoms with E-state index in [1.54, 1.807) is 23.9 Å². The zero-order chi connectivity index (χ0) is 15.2. The highest BCUT2D eigenvalue weighted by atomic mass is 35.5. The number of amides is 1. The maximum atomic E-state index is 11.9. The summed E-state index contributed by atoms with van der Waals surface area (Å²) in [6, 6.07) is 12.9. The van der Waals surface area contributed by atoms with E-state index in [0.717, 1.165) is 16.3 Å². The van der Waals surface area contributed by atoms with Crippen LogP contribution in [0.25, 0.3) is 0 Å². The second kappa shape index (κ2) is 7.38. The van der Waals surface area contributed by atoms with Gasteiger partial charge in [-0.2, -0.15) is 0 Å². The van der Waals surface area contributed by atoms with E-state index in [1.807, 2.05) is 37.3 Å². The third-order valence-electron chi connectivity index (χ3n) is 2.91. The molecular formula is C16H17ClN2OS. The van der Waals surface area contributed by atoms with E-state index in [1.165, 1.54) is 5.56 Å².